The van der Waals surface area contributed by atoms with Gasteiger partial charge in [-0.3, -0.25) is 9.78 Å². The van der Waals surface area contributed by atoms with Crippen LogP contribution < -0.4 is 0 Å². The quantitative estimate of drug-likeness (QED) is 0.402. The van der Waals surface area contributed by atoms with E-state index in [4.69, 9.17) is 5.11 Å². The predicted octanol–water partition coefficient (Wildman–Crippen LogP) is 3.84. The highest BCUT2D eigenvalue weighted by atomic mass is 16.4. The molecule has 0 aliphatic carbocycles. The van der Waals surface area contributed by atoms with Crippen molar-refractivity contribution < 1.29 is 25.2 Å². The van der Waals surface area contributed by atoms with Gasteiger partial charge in [-0.25, -0.2) is 0 Å². The Morgan fingerprint density at radius 2 is 1.79 bits per heavy atom. The highest BCUT2D eigenvalue weighted by Crippen LogP contribution is 2.28. The molecule has 6 heteroatoms. The van der Waals surface area contributed by atoms with Gasteiger partial charge < -0.3 is 20.4 Å². The summed E-state index contributed by atoms with van der Waals surface area (Å²) >= 11 is 0. The van der Waals surface area contributed by atoms with E-state index in [2.05, 4.69) is 11.9 Å². The number of benzene rings is 1. The number of carboxylic acid groups (broad SMARTS) is 1. The molecular formula is C23H31NO5. The Morgan fingerprint density at radius 3 is 2.48 bits per heavy atom. The molecule has 29 heavy (non-hydrogen) atoms. The number of carbonyl (C=O) groups is 1. The first-order valence-corrected chi connectivity index (χ1v) is 10.3. The minimum Gasteiger partial charge on any atom is -0.481 e. The van der Waals surface area contributed by atoms with Crippen LogP contribution in [0, 0.1) is 0 Å². The highest BCUT2D eigenvalue weighted by Gasteiger charge is 2.16. The number of unbranched alkanes of at least 4 members (excludes halogenated alkanes) is 2. The number of aromatic nitrogens is 1. The van der Waals surface area contributed by atoms with E-state index in [1.54, 1.807) is 12.3 Å². The molecule has 1 aromatic heterocycles. The molecule has 158 valence electrons. The minimum atomic E-state index is -1.10. The molecule has 6 nitrogen and oxygen atoms in total. The second-order valence-corrected chi connectivity index (χ2v) is 7.36. The molecule has 1 aromatic carbocycles. The molecule has 3 atom stereocenters. The Hall–Kier alpha value is -2.28. The lowest BCUT2D eigenvalue weighted by atomic mass is 9.99. The molecule has 1 heterocycles. The number of hydrogen-bond acceptors (Lipinski definition) is 5. The molecule has 2 rings (SSSR count). The van der Waals surface area contributed by atoms with E-state index in [1.165, 1.54) is 6.08 Å². The van der Waals surface area contributed by atoms with Crippen molar-refractivity contribution in [3.8, 4) is 0 Å². The lowest BCUT2D eigenvalue weighted by Gasteiger charge is -2.15. The Labute approximate surface area is 171 Å². The topological polar surface area (TPSA) is 111 Å². The number of hydrogen-bond donors (Lipinski definition) is 4. The Kier molecular flexibility index (Phi) is 9.25. The van der Waals surface area contributed by atoms with Crippen molar-refractivity contribution >= 4 is 22.8 Å². The van der Waals surface area contributed by atoms with Crippen LogP contribution in [0.25, 0.3) is 16.8 Å². The summed E-state index contributed by atoms with van der Waals surface area (Å²) in [6.07, 6.45) is 6.37. The van der Waals surface area contributed by atoms with Crippen molar-refractivity contribution in [1.82, 2.24) is 4.98 Å². The maximum atomic E-state index is 10.6. The first-order valence-electron chi connectivity index (χ1n) is 10.3. The number of aliphatic carboxylic acids is 1. The number of pyridine rings is 1. The van der Waals surface area contributed by atoms with Crippen molar-refractivity contribution in [1.29, 1.82) is 0 Å². The first kappa shape index (κ1) is 23.0. The van der Waals surface area contributed by atoms with Gasteiger partial charge in [0.2, 0.25) is 0 Å². The van der Waals surface area contributed by atoms with Gasteiger partial charge in [-0.05, 0) is 24.6 Å². The van der Waals surface area contributed by atoms with Crippen LogP contribution in [0.5, 0.6) is 0 Å². The van der Waals surface area contributed by atoms with Crippen LogP contribution in [0.4, 0.5) is 0 Å². The van der Waals surface area contributed by atoms with Crippen LogP contribution in [0.15, 0.2) is 36.5 Å². The number of fused-ring (bicyclic) bond motifs is 1. The Bertz CT molecular complexity index is 820. The second-order valence-electron chi connectivity index (χ2n) is 7.36. The smallest absolute Gasteiger partial charge is 0.303 e. The summed E-state index contributed by atoms with van der Waals surface area (Å²) < 4.78 is 0. The molecular weight excluding hydrogens is 370 g/mol. The molecule has 0 bridgehead atoms. The number of rotatable bonds is 12. The summed E-state index contributed by atoms with van der Waals surface area (Å²) in [5.41, 5.74) is 1.44. The zero-order valence-electron chi connectivity index (χ0n) is 16.9. The molecule has 0 spiro atoms. The van der Waals surface area contributed by atoms with Gasteiger partial charge >= 0.3 is 5.97 Å². The van der Waals surface area contributed by atoms with E-state index in [9.17, 15) is 20.1 Å². The third-order valence-corrected chi connectivity index (χ3v) is 5.01. The zero-order chi connectivity index (χ0) is 21.2. The average molecular weight is 402 g/mol. The number of nitrogens with zero attached hydrogens (tertiary/aromatic N) is 1. The van der Waals surface area contributed by atoms with Gasteiger partial charge in [0.1, 0.15) is 0 Å². The van der Waals surface area contributed by atoms with Gasteiger partial charge in [0, 0.05) is 23.6 Å². The zero-order valence-corrected chi connectivity index (χ0v) is 16.9. The highest BCUT2D eigenvalue weighted by molar-refractivity contribution is 5.92. The fourth-order valence-electron chi connectivity index (χ4n) is 3.32. The summed E-state index contributed by atoms with van der Waals surface area (Å²) in [5.74, 6) is -0.920. The molecule has 2 unspecified atom stereocenters. The van der Waals surface area contributed by atoms with Crippen LogP contribution in [-0.4, -0.2) is 43.6 Å². The molecule has 4 N–H and O–H groups in total. The van der Waals surface area contributed by atoms with Crippen LogP contribution in [0.1, 0.15) is 69.2 Å². The van der Waals surface area contributed by atoms with E-state index in [0.717, 1.165) is 35.6 Å². The molecule has 0 radical (unpaired) electrons. The lowest BCUT2D eigenvalue weighted by Crippen LogP contribution is -2.23. The van der Waals surface area contributed by atoms with Crippen molar-refractivity contribution in [2.75, 3.05) is 0 Å². The summed E-state index contributed by atoms with van der Waals surface area (Å²) in [4.78, 5) is 15.0. The lowest BCUT2D eigenvalue weighted by molar-refractivity contribution is -0.137. The fraction of sp³-hybridized carbons (Fsp3) is 0.478. The monoisotopic (exact) mass is 401 g/mol. The third kappa shape index (κ3) is 6.92. The van der Waals surface area contributed by atoms with Crippen molar-refractivity contribution in [3.63, 3.8) is 0 Å². The second kappa shape index (κ2) is 11.7. The van der Waals surface area contributed by atoms with Crippen LogP contribution >= 0.6 is 0 Å². The standard InChI is InChI=1S/C23H31NO5/c1-2-3-4-10-21(27)23-18-9-6-5-8-17(18)16(15-24-23)13-14-20(26)19(25)11-7-12-22(28)29/h5-6,8-9,13-15,19-21,25-27H,2-4,7,10-12H2,1H3,(H,28,29)/b14-13+/t19?,20?,21-/m1/s1. The molecule has 0 fully saturated rings. The SMILES string of the molecule is CCCCC[C@@H](O)c1ncc(/C=C/C(O)C(O)CCCC(=O)O)c2ccccc12. The molecule has 2 aromatic rings. The van der Waals surface area contributed by atoms with Gasteiger partial charge in [0.05, 0.1) is 24.0 Å². The van der Waals surface area contributed by atoms with E-state index in [-0.39, 0.29) is 12.8 Å². The maximum absolute atomic E-state index is 10.6. The van der Waals surface area contributed by atoms with E-state index >= 15 is 0 Å². The maximum Gasteiger partial charge on any atom is 0.303 e. The summed E-state index contributed by atoms with van der Waals surface area (Å²) in [6.45, 7) is 2.12. The van der Waals surface area contributed by atoms with E-state index < -0.39 is 24.3 Å². The summed E-state index contributed by atoms with van der Waals surface area (Å²) in [7, 11) is 0. The molecule has 0 amide bonds. The summed E-state index contributed by atoms with van der Waals surface area (Å²) in [6, 6.07) is 7.68. The minimum absolute atomic E-state index is 0.0376. The average Bonchev–Trinajstić information content (AvgIpc) is 2.71. The molecule has 0 aliphatic rings. The van der Waals surface area contributed by atoms with Crippen molar-refractivity contribution in [2.45, 2.75) is 70.2 Å². The van der Waals surface area contributed by atoms with Gasteiger partial charge in [-0.2, -0.15) is 0 Å². The van der Waals surface area contributed by atoms with Crippen LogP contribution in [0.3, 0.4) is 0 Å². The van der Waals surface area contributed by atoms with Gasteiger partial charge in [0.15, 0.2) is 0 Å². The number of aliphatic hydroxyl groups is 3. The molecule has 0 saturated carbocycles. The summed E-state index contributed by atoms with van der Waals surface area (Å²) in [5, 5.41) is 41.1. The van der Waals surface area contributed by atoms with Crippen LogP contribution in [0.2, 0.25) is 0 Å². The number of aliphatic hydroxyl groups excluding tert-OH is 3. The van der Waals surface area contributed by atoms with Crippen molar-refractivity contribution in [2.24, 2.45) is 0 Å². The van der Waals surface area contributed by atoms with Gasteiger partial charge in [-0.1, -0.05) is 62.6 Å². The Balaban J connectivity index is 2.14. The first-order chi connectivity index (χ1) is 13.9. The van der Waals surface area contributed by atoms with E-state index in [1.807, 2.05) is 24.3 Å². The third-order valence-electron chi connectivity index (χ3n) is 5.01. The van der Waals surface area contributed by atoms with Crippen LogP contribution in [-0.2, 0) is 4.79 Å². The van der Waals surface area contributed by atoms with Crippen molar-refractivity contribution in [3.05, 3.63) is 47.8 Å². The molecule has 0 saturated heterocycles. The van der Waals surface area contributed by atoms with E-state index in [0.29, 0.717) is 18.5 Å². The van der Waals surface area contributed by atoms with Gasteiger partial charge in [0.25, 0.3) is 0 Å². The fourth-order valence-corrected chi connectivity index (χ4v) is 3.32. The van der Waals surface area contributed by atoms with Gasteiger partial charge in [-0.15, -0.1) is 0 Å². The Morgan fingerprint density at radius 1 is 1.07 bits per heavy atom. The normalized spacial score (nSPS) is 14.9. The largest absolute Gasteiger partial charge is 0.481 e. The predicted molar refractivity (Wildman–Crippen MR) is 113 cm³/mol. The number of carboxylic acids is 1. The molecule has 0 aliphatic heterocycles.